The lowest BCUT2D eigenvalue weighted by molar-refractivity contribution is 0.285. The van der Waals surface area contributed by atoms with Gasteiger partial charge in [0.2, 0.25) is 5.88 Å². The zero-order valence-electron chi connectivity index (χ0n) is 17.3. The van der Waals surface area contributed by atoms with Gasteiger partial charge in [-0.15, -0.1) is 0 Å². The molecule has 0 bridgehead atoms. The SMILES string of the molecule is Cc1ccc([C@H]2C[C@@H]2COc2nc(C)ncc2-c2ccn(C(C)C)c(=O)c2)nc1. The van der Waals surface area contributed by atoms with Crippen molar-refractivity contribution in [1.29, 1.82) is 0 Å². The van der Waals surface area contributed by atoms with Crippen LogP contribution in [0.2, 0.25) is 0 Å². The minimum absolute atomic E-state index is 0.0447. The molecule has 2 atom stereocenters. The summed E-state index contributed by atoms with van der Waals surface area (Å²) in [6, 6.07) is 7.85. The van der Waals surface area contributed by atoms with Gasteiger partial charge in [0.25, 0.3) is 5.56 Å². The molecule has 0 aliphatic heterocycles. The molecule has 0 unspecified atom stereocenters. The fourth-order valence-corrected chi connectivity index (χ4v) is 3.52. The average molecular weight is 390 g/mol. The van der Waals surface area contributed by atoms with E-state index in [1.807, 2.05) is 46.2 Å². The number of hydrogen-bond donors (Lipinski definition) is 0. The molecule has 3 aromatic rings. The number of rotatable bonds is 6. The van der Waals surface area contributed by atoms with Crippen molar-refractivity contribution in [3.05, 3.63) is 70.3 Å². The van der Waals surface area contributed by atoms with Crippen molar-refractivity contribution in [3.63, 3.8) is 0 Å². The van der Waals surface area contributed by atoms with Crippen LogP contribution in [-0.4, -0.2) is 26.1 Å². The molecule has 150 valence electrons. The van der Waals surface area contributed by atoms with E-state index in [0.717, 1.165) is 23.2 Å². The van der Waals surface area contributed by atoms with Gasteiger partial charge < -0.3 is 9.30 Å². The highest BCUT2D eigenvalue weighted by molar-refractivity contribution is 5.67. The second-order valence-electron chi connectivity index (χ2n) is 8.06. The smallest absolute Gasteiger partial charge is 0.251 e. The Kier molecular flexibility index (Phi) is 5.18. The molecular weight excluding hydrogens is 364 g/mol. The predicted octanol–water partition coefficient (Wildman–Crippen LogP) is 4.08. The van der Waals surface area contributed by atoms with E-state index in [2.05, 4.69) is 27.1 Å². The van der Waals surface area contributed by atoms with Gasteiger partial charge in [-0.1, -0.05) is 6.07 Å². The maximum atomic E-state index is 12.4. The zero-order valence-corrected chi connectivity index (χ0v) is 17.3. The van der Waals surface area contributed by atoms with Gasteiger partial charge in [-0.2, -0.15) is 4.98 Å². The van der Waals surface area contributed by atoms with Crippen LogP contribution >= 0.6 is 0 Å². The molecule has 1 fully saturated rings. The Morgan fingerprint density at radius 1 is 1.17 bits per heavy atom. The molecule has 4 rings (SSSR count). The van der Waals surface area contributed by atoms with Crippen LogP contribution in [0.1, 0.15) is 49.3 Å². The van der Waals surface area contributed by atoms with E-state index in [9.17, 15) is 4.79 Å². The third-order valence-corrected chi connectivity index (χ3v) is 5.36. The second kappa shape index (κ2) is 7.78. The molecule has 0 spiro atoms. The second-order valence-corrected chi connectivity index (χ2v) is 8.06. The lowest BCUT2D eigenvalue weighted by Crippen LogP contribution is -2.20. The standard InChI is InChI=1S/C23H26N4O2/c1-14(2)27-8-7-17(10-22(27)28)20-12-24-16(4)26-23(20)29-13-18-9-19(18)21-6-5-15(3)11-25-21/h5-8,10-12,14,18-19H,9,13H2,1-4H3/t18-,19+/m1/s1. The van der Waals surface area contributed by atoms with Crippen molar-refractivity contribution in [2.75, 3.05) is 6.61 Å². The van der Waals surface area contributed by atoms with Crippen molar-refractivity contribution >= 4 is 0 Å². The summed E-state index contributed by atoms with van der Waals surface area (Å²) in [6.45, 7) is 8.43. The Labute approximate surface area is 170 Å². The summed E-state index contributed by atoms with van der Waals surface area (Å²) in [5, 5.41) is 0. The van der Waals surface area contributed by atoms with Crippen LogP contribution in [0, 0.1) is 19.8 Å². The number of pyridine rings is 2. The number of aryl methyl sites for hydroxylation is 2. The molecule has 1 saturated carbocycles. The van der Waals surface area contributed by atoms with Gasteiger partial charge in [0, 0.05) is 48.2 Å². The number of nitrogens with zero attached hydrogens (tertiary/aromatic N) is 4. The topological polar surface area (TPSA) is 69.9 Å². The first kappa shape index (κ1) is 19.3. The largest absolute Gasteiger partial charge is 0.477 e. The van der Waals surface area contributed by atoms with Crippen molar-refractivity contribution < 1.29 is 4.74 Å². The molecular formula is C23H26N4O2. The molecule has 3 heterocycles. The number of aromatic nitrogens is 4. The maximum Gasteiger partial charge on any atom is 0.251 e. The molecule has 6 heteroatoms. The Morgan fingerprint density at radius 2 is 2.00 bits per heavy atom. The van der Waals surface area contributed by atoms with Crippen molar-refractivity contribution in [1.82, 2.24) is 19.5 Å². The van der Waals surface area contributed by atoms with Crippen LogP contribution < -0.4 is 10.3 Å². The van der Waals surface area contributed by atoms with Gasteiger partial charge in [0.15, 0.2) is 0 Å². The zero-order chi connectivity index (χ0) is 20.5. The maximum absolute atomic E-state index is 12.4. The first-order valence-corrected chi connectivity index (χ1v) is 10.0. The highest BCUT2D eigenvalue weighted by Crippen LogP contribution is 2.47. The molecule has 1 aliphatic rings. The van der Waals surface area contributed by atoms with Gasteiger partial charge in [0.1, 0.15) is 5.82 Å². The average Bonchev–Trinajstić information content (AvgIpc) is 3.46. The summed E-state index contributed by atoms with van der Waals surface area (Å²) >= 11 is 0. The van der Waals surface area contributed by atoms with E-state index in [-0.39, 0.29) is 11.6 Å². The van der Waals surface area contributed by atoms with Crippen molar-refractivity contribution in [2.24, 2.45) is 5.92 Å². The molecule has 3 aromatic heterocycles. The monoisotopic (exact) mass is 390 g/mol. The Morgan fingerprint density at radius 3 is 2.69 bits per heavy atom. The van der Waals surface area contributed by atoms with E-state index in [1.165, 1.54) is 5.56 Å². The van der Waals surface area contributed by atoms with Gasteiger partial charge in [-0.05, 0) is 57.4 Å². The summed E-state index contributed by atoms with van der Waals surface area (Å²) in [7, 11) is 0. The predicted molar refractivity (Wildman–Crippen MR) is 112 cm³/mol. The summed E-state index contributed by atoms with van der Waals surface area (Å²) in [4.78, 5) is 25.7. The van der Waals surface area contributed by atoms with Crippen LogP contribution in [-0.2, 0) is 0 Å². The lowest BCUT2D eigenvalue weighted by atomic mass is 10.1. The molecule has 6 nitrogen and oxygen atoms in total. The van der Waals surface area contributed by atoms with E-state index in [1.54, 1.807) is 16.8 Å². The Hall–Kier alpha value is -3.02. The minimum atomic E-state index is -0.0447. The highest BCUT2D eigenvalue weighted by atomic mass is 16.5. The van der Waals surface area contributed by atoms with E-state index in [4.69, 9.17) is 4.74 Å². The first-order valence-electron chi connectivity index (χ1n) is 10.0. The van der Waals surface area contributed by atoms with Crippen molar-refractivity contribution in [2.45, 2.75) is 46.1 Å². The molecule has 29 heavy (non-hydrogen) atoms. The van der Waals surface area contributed by atoms with Gasteiger partial charge in [-0.3, -0.25) is 9.78 Å². The van der Waals surface area contributed by atoms with Crippen LogP contribution in [0.4, 0.5) is 0 Å². The van der Waals surface area contributed by atoms with E-state index in [0.29, 0.717) is 30.1 Å². The van der Waals surface area contributed by atoms with Gasteiger partial charge in [-0.25, -0.2) is 4.98 Å². The normalized spacial score (nSPS) is 18.1. The first-order chi connectivity index (χ1) is 13.9. The summed E-state index contributed by atoms with van der Waals surface area (Å²) in [5.41, 5.74) is 3.77. The molecule has 0 aromatic carbocycles. The molecule has 0 amide bonds. The van der Waals surface area contributed by atoms with Crippen LogP contribution in [0.5, 0.6) is 5.88 Å². The summed E-state index contributed by atoms with van der Waals surface area (Å²) in [5.74, 6) is 2.05. The van der Waals surface area contributed by atoms with Gasteiger partial charge in [0.05, 0.1) is 12.2 Å². The van der Waals surface area contributed by atoms with Crippen LogP contribution in [0.25, 0.3) is 11.1 Å². The molecule has 0 saturated heterocycles. The Balaban J connectivity index is 1.51. The van der Waals surface area contributed by atoms with E-state index >= 15 is 0 Å². The Bertz CT molecular complexity index is 1070. The molecule has 1 aliphatic carbocycles. The third kappa shape index (κ3) is 4.21. The van der Waals surface area contributed by atoms with Gasteiger partial charge >= 0.3 is 0 Å². The fraction of sp³-hybridized carbons (Fsp3) is 0.391. The third-order valence-electron chi connectivity index (χ3n) is 5.36. The van der Waals surface area contributed by atoms with Crippen LogP contribution in [0.15, 0.2) is 47.7 Å². The molecule has 0 N–H and O–H groups in total. The minimum Gasteiger partial charge on any atom is -0.477 e. The number of ether oxygens (including phenoxy) is 1. The fourth-order valence-electron chi connectivity index (χ4n) is 3.52. The number of hydrogen-bond acceptors (Lipinski definition) is 5. The van der Waals surface area contributed by atoms with Crippen molar-refractivity contribution in [3.8, 4) is 17.0 Å². The van der Waals surface area contributed by atoms with E-state index < -0.39 is 0 Å². The van der Waals surface area contributed by atoms with Crippen LogP contribution in [0.3, 0.4) is 0 Å². The lowest BCUT2D eigenvalue weighted by Gasteiger charge is -2.13. The summed E-state index contributed by atoms with van der Waals surface area (Å²) in [6.07, 6.45) is 6.53. The highest BCUT2D eigenvalue weighted by Gasteiger charge is 2.40. The quantitative estimate of drug-likeness (QED) is 0.634. The molecule has 0 radical (unpaired) electrons. The summed E-state index contributed by atoms with van der Waals surface area (Å²) < 4.78 is 7.80.